The molecule has 3 nitrogen and oxygen atoms in total. The van der Waals surface area contributed by atoms with Gasteiger partial charge in [-0.25, -0.2) is 0 Å². The van der Waals surface area contributed by atoms with Gasteiger partial charge in [-0.15, -0.1) is 11.8 Å². The lowest BCUT2D eigenvalue weighted by Gasteiger charge is -2.26. The number of nitrogens with zero attached hydrogens (tertiary/aromatic N) is 1. The first-order valence-corrected chi connectivity index (χ1v) is 7.57. The normalized spacial score (nSPS) is 18.6. The number of hydrogen-bond donors (Lipinski definition) is 1. The average molecular weight is 284 g/mol. The number of hydrogen-bond acceptors (Lipinski definition) is 3. The Morgan fingerprint density at radius 2 is 1.85 bits per heavy atom. The summed E-state index contributed by atoms with van der Waals surface area (Å²) < 4.78 is 0. The summed E-state index contributed by atoms with van der Waals surface area (Å²) in [6.45, 7) is 2.02. The summed E-state index contributed by atoms with van der Waals surface area (Å²) in [6.07, 6.45) is 0. The molecule has 0 bridgehead atoms. The average Bonchev–Trinajstić information content (AvgIpc) is 2.82. The second kappa shape index (κ2) is 5.21. The molecule has 0 radical (unpaired) electrons. The van der Waals surface area contributed by atoms with Crippen molar-refractivity contribution >= 4 is 29.0 Å². The van der Waals surface area contributed by atoms with Crippen molar-refractivity contribution in [2.75, 3.05) is 16.4 Å². The summed E-state index contributed by atoms with van der Waals surface area (Å²) in [5.74, 6) is 0.630. The summed E-state index contributed by atoms with van der Waals surface area (Å²) >= 11 is 1.63. The number of carbonyl (C=O) groups excluding carboxylic acids is 1. The molecule has 20 heavy (non-hydrogen) atoms. The molecule has 1 heterocycles. The van der Waals surface area contributed by atoms with Gasteiger partial charge < -0.3 is 5.73 Å². The third kappa shape index (κ3) is 2.16. The minimum atomic E-state index is -0.0372. The van der Waals surface area contributed by atoms with Crippen molar-refractivity contribution in [3.05, 3.63) is 59.7 Å². The minimum absolute atomic E-state index is 0.0372. The highest BCUT2D eigenvalue weighted by Gasteiger charge is 2.35. The van der Waals surface area contributed by atoms with Crippen molar-refractivity contribution in [2.45, 2.75) is 12.3 Å². The van der Waals surface area contributed by atoms with Gasteiger partial charge in [0, 0.05) is 16.9 Å². The molecule has 1 saturated heterocycles. The quantitative estimate of drug-likeness (QED) is 0.860. The Labute approximate surface area is 122 Å². The summed E-state index contributed by atoms with van der Waals surface area (Å²) in [4.78, 5) is 14.2. The van der Waals surface area contributed by atoms with Gasteiger partial charge in [0.25, 0.3) is 0 Å². The van der Waals surface area contributed by atoms with E-state index in [1.165, 1.54) is 0 Å². The van der Waals surface area contributed by atoms with Crippen LogP contribution >= 0.6 is 11.8 Å². The van der Waals surface area contributed by atoms with Crippen LogP contribution in [0.3, 0.4) is 0 Å². The molecule has 0 aromatic heterocycles. The zero-order valence-corrected chi connectivity index (χ0v) is 12.1. The maximum absolute atomic E-state index is 12.3. The topological polar surface area (TPSA) is 46.3 Å². The zero-order chi connectivity index (χ0) is 14.1. The van der Waals surface area contributed by atoms with Crippen LogP contribution in [-0.2, 0) is 4.79 Å². The number of amides is 1. The minimum Gasteiger partial charge on any atom is -0.398 e. The molecule has 4 heteroatoms. The van der Waals surface area contributed by atoms with Crippen molar-refractivity contribution in [1.29, 1.82) is 0 Å². The van der Waals surface area contributed by atoms with E-state index >= 15 is 0 Å². The van der Waals surface area contributed by atoms with E-state index in [9.17, 15) is 4.79 Å². The summed E-state index contributed by atoms with van der Waals surface area (Å²) in [6, 6.07) is 15.7. The number of nitrogens with two attached hydrogens (primary N) is 1. The number of anilines is 2. The Morgan fingerprint density at radius 1 is 1.15 bits per heavy atom. The van der Waals surface area contributed by atoms with Gasteiger partial charge in [0.1, 0.15) is 5.37 Å². The van der Waals surface area contributed by atoms with E-state index in [-0.39, 0.29) is 11.3 Å². The van der Waals surface area contributed by atoms with Crippen molar-refractivity contribution in [1.82, 2.24) is 0 Å². The van der Waals surface area contributed by atoms with Crippen LogP contribution in [0, 0.1) is 6.92 Å². The van der Waals surface area contributed by atoms with Crippen molar-refractivity contribution in [2.24, 2.45) is 0 Å². The fourth-order valence-electron chi connectivity index (χ4n) is 2.48. The molecule has 2 aromatic carbocycles. The van der Waals surface area contributed by atoms with Crippen molar-refractivity contribution < 1.29 is 4.79 Å². The van der Waals surface area contributed by atoms with Gasteiger partial charge in [0.15, 0.2) is 0 Å². The molecule has 2 aromatic rings. The Hall–Kier alpha value is -1.94. The third-order valence-corrected chi connectivity index (χ3v) is 4.70. The fraction of sp³-hybridized carbons (Fsp3) is 0.188. The van der Waals surface area contributed by atoms with E-state index < -0.39 is 0 Å². The third-order valence-electron chi connectivity index (χ3n) is 3.50. The van der Waals surface area contributed by atoms with Gasteiger partial charge in [-0.3, -0.25) is 9.69 Å². The van der Waals surface area contributed by atoms with Gasteiger partial charge >= 0.3 is 0 Å². The number of benzene rings is 2. The van der Waals surface area contributed by atoms with Crippen LogP contribution in [0.4, 0.5) is 11.4 Å². The van der Waals surface area contributed by atoms with Gasteiger partial charge in [-0.2, -0.15) is 0 Å². The monoisotopic (exact) mass is 284 g/mol. The Balaban J connectivity index is 2.06. The highest BCUT2D eigenvalue weighted by molar-refractivity contribution is 8.00. The van der Waals surface area contributed by atoms with Crippen LogP contribution < -0.4 is 10.6 Å². The lowest BCUT2D eigenvalue weighted by molar-refractivity contribution is -0.115. The van der Waals surface area contributed by atoms with E-state index in [2.05, 4.69) is 0 Å². The van der Waals surface area contributed by atoms with Crippen LogP contribution in [0.1, 0.15) is 16.5 Å². The van der Waals surface area contributed by atoms with Crippen molar-refractivity contribution in [3.8, 4) is 0 Å². The molecule has 1 amide bonds. The maximum atomic E-state index is 12.3. The number of carbonyl (C=O) groups is 1. The fourth-order valence-corrected chi connectivity index (χ4v) is 3.70. The lowest BCUT2D eigenvalue weighted by atomic mass is 10.1. The van der Waals surface area contributed by atoms with Crippen molar-refractivity contribution in [3.63, 3.8) is 0 Å². The second-order valence-corrected chi connectivity index (χ2v) is 5.91. The first kappa shape index (κ1) is 13.1. The predicted molar refractivity (Wildman–Crippen MR) is 84.7 cm³/mol. The van der Waals surface area contributed by atoms with Crippen LogP contribution in [0.5, 0.6) is 0 Å². The number of thioether (sulfide) groups is 1. The largest absolute Gasteiger partial charge is 0.398 e. The van der Waals surface area contributed by atoms with E-state index in [0.717, 1.165) is 22.5 Å². The highest BCUT2D eigenvalue weighted by atomic mass is 32.2. The molecule has 102 valence electrons. The molecule has 1 fully saturated rings. The molecular formula is C16H16N2OS. The van der Waals surface area contributed by atoms with E-state index in [0.29, 0.717) is 5.75 Å². The maximum Gasteiger partial charge on any atom is 0.238 e. The molecule has 3 rings (SSSR count). The molecule has 2 N–H and O–H groups in total. The van der Waals surface area contributed by atoms with Crippen LogP contribution in [0.15, 0.2) is 48.5 Å². The standard InChI is InChI=1S/C16H16N2OS/c1-11-6-2-5-9-14(11)18-15(19)10-20-16(18)12-7-3-4-8-13(12)17/h2-9,16H,10,17H2,1H3. The Bertz CT molecular complexity index is 656. The van der Waals surface area contributed by atoms with E-state index in [4.69, 9.17) is 5.73 Å². The van der Waals surface area contributed by atoms with Gasteiger partial charge in [0.05, 0.1) is 5.75 Å². The van der Waals surface area contributed by atoms with Crippen LogP contribution in [0.2, 0.25) is 0 Å². The number of rotatable bonds is 2. The highest BCUT2D eigenvalue weighted by Crippen LogP contribution is 2.44. The smallest absolute Gasteiger partial charge is 0.238 e. The first-order chi connectivity index (χ1) is 9.68. The number of nitrogen functional groups attached to an aromatic ring is 1. The Morgan fingerprint density at radius 3 is 2.60 bits per heavy atom. The SMILES string of the molecule is Cc1ccccc1N1C(=O)CSC1c1ccccc1N. The molecule has 1 aliphatic rings. The molecule has 1 aliphatic heterocycles. The molecular weight excluding hydrogens is 268 g/mol. The molecule has 0 aliphatic carbocycles. The Kier molecular flexibility index (Phi) is 3.40. The lowest BCUT2D eigenvalue weighted by Crippen LogP contribution is -2.28. The summed E-state index contributed by atoms with van der Waals surface area (Å²) in [7, 11) is 0. The van der Waals surface area contributed by atoms with Crippen LogP contribution in [0.25, 0.3) is 0 Å². The molecule has 0 saturated carbocycles. The van der Waals surface area contributed by atoms with E-state index in [1.54, 1.807) is 11.8 Å². The van der Waals surface area contributed by atoms with Gasteiger partial charge in [-0.1, -0.05) is 36.4 Å². The van der Waals surface area contributed by atoms with Crippen LogP contribution in [-0.4, -0.2) is 11.7 Å². The molecule has 0 spiro atoms. The number of aryl methyl sites for hydroxylation is 1. The molecule has 1 unspecified atom stereocenters. The van der Waals surface area contributed by atoms with Gasteiger partial charge in [-0.05, 0) is 24.6 Å². The summed E-state index contributed by atoms with van der Waals surface area (Å²) in [5.41, 5.74) is 9.88. The zero-order valence-electron chi connectivity index (χ0n) is 11.2. The van der Waals surface area contributed by atoms with E-state index in [1.807, 2.05) is 60.4 Å². The first-order valence-electron chi connectivity index (χ1n) is 6.52. The predicted octanol–water partition coefficient (Wildman–Crippen LogP) is 3.36. The summed E-state index contributed by atoms with van der Waals surface area (Å²) in [5, 5.41) is -0.0372. The number of para-hydroxylation sites is 2. The molecule has 1 atom stereocenters. The van der Waals surface area contributed by atoms with Gasteiger partial charge in [0.2, 0.25) is 5.91 Å². The second-order valence-electron chi connectivity index (χ2n) is 4.84.